The Hall–Kier alpha value is -3.75. The van der Waals surface area contributed by atoms with Crippen molar-refractivity contribution in [2.45, 2.75) is 6.16 Å². The highest BCUT2D eigenvalue weighted by molar-refractivity contribution is 7.95. The SMILES string of the molecule is c1ccc(-c2nnnnc2C[P+](c2ccccc2)(c2ccccc2)c2ccccc2)cc1. The minimum Gasteiger partial charge on any atom is -0.127 e. The molecular formula is C27H22N4P+. The Morgan fingerprint density at radius 1 is 0.469 bits per heavy atom. The van der Waals surface area contributed by atoms with Gasteiger partial charge >= 0.3 is 0 Å². The standard InChI is InChI=1S/C27H22N4P/c1-5-13-22(14-6-1)27-26(28-30-31-29-27)21-32(23-15-7-2-8-16-23,24-17-9-3-10-18-24)25-19-11-4-12-20-25/h1-20H,21H2/q+1. The molecule has 0 bridgehead atoms. The molecule has 0 amide bonds. The lowest BCUT2D eigenvalue weighted by molar-refractivity contribution is 0.745. The van der Waals surface area contributed by atoms with Gasteiger partial charge in [-0.05, 0) is 46.8 Å². The molecule has 1 aromatic heterocycles. The van der Waals surface area contributed by atoms with Crippen LogP contribution in [0.25, 0.3) is 11.3 Å². The monoisotopic (exact) mass is 433 g/mol. The fourth-order valence-electron chi connectivity index (χ4n) is 4.16. The Balaban J connectivity index is 1.78. The van der Waals surface area contributed by atoms with Gasteiger partial charge in [-0.3, -0.25) is 0 Å². The van der Waals surface area contributed by atoms with Crippen molar-refractivity contribution < 1.29 is 0 Å². The summed E-state index contributed by atoms with van der Waals surface area (Å²) in [6.07, 6.45) is 0.706. The first-order valence-corrected chi connectivity index (χ1v) is 12.5. The van der Waals surface area contributed by atoms with Crippen LogP contribution in [0.1, 0.15) is 5.69 Å². The summed E-state index contributed by atoms with van der Waals surface area (Å²) in [5.41, 5.74) is 2.64. The van der Waals surface area contributed by atoms with E-state index in [2.05, 4.69) is 112 Å². The molecule has 5 heteroatoms. The number of hydrogen-bond acceptors (Lipinski definition) is 4. The molecule has 1 heterocycles. The number of rotatable bonds is 6. The van der Waals surface area contributed by atoms with Crippen LogP contribution >= 0.6 is 7.26 Å². The zero-order valence-electron chi connectivity index (χ0n) is 17.5. The first-order valence-electron chi connectivity index (χ1n) is 10.5. The van der Waals surface area contributed by atoms with E-state index in [-0.39, 0.29) is 0 Å². The Bertz CT molecular complexity index is 1180. The maximum atomic E-state index is 4.52. The fourth-order valence-corrected chi connectivity index (χ4v) is 8.31. The molecule has 0 unspecified atom stereocenters. The summed E-state index contributed by atoms with van der Waals surface area (Å²) in [5, 5.41) is 20.6. The van der Waals surface area contributed by atoms with E-state index < -0.39 is 7.26 Å². The molecule has 0 spiro atoms. The summed E-state index contributed by atoms with van der Waals surface area (Å²) in [6.45, 7) is 0. The third-order valence-corrected chi connectivity index (χ3v) is 9.96. The van der Waals surface area contributed by atoms with Gasteiger partial charge in [-0.25, -0.2) is 0 Å². The smallest absolute Gasteiger partial charge is 0.127 e. The van der Waals surface area contributed by atoms with Gasteiger partial charge in [0.15, 0.2) is 0 Å². The molecule has 0 aliphatic rings. The molecule has 0 saturated carbocycles. The highest BCUT2D eigenvalue weighted by Crippen LogP contribution is 2.58. The second-order valence-electron chi connectivity index (χ2n) is 7.51. The highest BCUT2D eigenvalue weighted by atomic mass is 31.2. The average Bonchev–Trinajstić information content (AvgIpc) is 2.89. The predicted octanol–water partition coefficient (Wildman–Crippen LogP) is 4.43. The summed E-state index contributed by atoms with van der Waals surface area (Å²) in [6, 6.07) is 42.4. The third kappa shape index (κ3) is 3.81. The van der Waals surface area contributed by atoms with Gasteiger partial charge < -0.3 is 0 Å². The molecule has 0 atom stereocenters. The Labute approximate surface area is 188 Å². The molecule has 32 heavy (non-hydrogen) atoms. The van der Waals surface area contributed by atoms with Crippen molar-refractivity contribution in [3.63, 3.8) is 0 Å². The topological polar surface area (TPSA) is 51.6 Å². The van der Waals surface area contributed by atoms with Crippen LogP contribution in [-0.4, -0.2) is 20.6 Å². The van der Waals surface area contributed by atoms with Crippen molar-refractivity contribution in [3.05, 3.63) is 127 Å². The van der Waals surface area contributed by atoms with E-state index in [1.807, 2.05) is 30.3 Å². The first-order chi connectivity index (χ1) is 15.9. The van der Waals surface area contributed by atoms with Gasteiger partial charge in [0, 0.05) is 5.56 Å². The van der Waals surface area contributed by atoms with Crippen molar-refractivity contribution in [2.24, 2.45) is 0 Å². The summed E-state index contributed by atoms with van der Waals surface area (Å²) in [7, 11) is -2.09. The Kier molecular flexibility index (Phi) is 5.78. The number of hydrogen-bond donors (Lipinski definition) is 0. The van der Waals surface area contributed by atoms with Gasteiger partial charge in [0.2, 0.25) is 0 Å². The van der Waals surface area contributed by atoms with Gasteiger partial charge in [-0.2, -0.15) is 0 Å². The normalized spacial score (nSPS) is 11.2. The second kappa shape index (κ2) is 9.17. The van der Waals surface area contributed by atoms with Gasteiger partial charge in [0.1, 0.15) is 40.7 Å². The van der Waals surface area contributed by atoms with E-state index in [1.54, 1.807) is 0 Å². The number of benzene rings is 4. The minimum atomic E-state index is -2.09. The summed E-state index contributed by atoms with van der Waals surface area (Å²) in [4.78, 5) is 0. The van der Waals surface area contributed by atoms with Crippen molar-refractivity contribution in [1.29, 1.82) is 0 Å². The van der Waals surface area contributed by atoms with Gasteiger partial charge in [-0.15, -0.1) is 10.2 Å². The van der Waals surface area contributed by atoms with Crippen molar-refractivity contribution >= 4 is 23.2 Å². The lowest BCUT2D eigenvalue weighted by Crippen LogP contribution is -2.33. The molecule has 4 aromatic carbocycles. The maximum absolute atomic E-state index is 4.52. The zero-order chi connectivity index (χ0) is 21.6. The van der Waals surface area contributed by atoms with Crippen LogP contribution in [0.3, 0.4) is 0 Å². The quantitative estimate of drug-likeness (QED) is 0.372. The average molecular weight is 433 g/mol. The van der Waals surface area contributed by atoms with Crippen LogP contribution in [0.15, 0.2) is 121 Å². The molecule has 0 N–H and O–H groups in total. The molecule has 5 aromatic rings. The van der Waals surface area contributed by atoms with Crippen LogP contribution in [0.5, 0.6) is 0 Å². The molecule has 0 radical (unpaired) electrons. The highest BCUT2D eigenvalue weighted by Gasteiger charge is 2.46. The van der Waals surface area contributed by atoms with Gasteiger partial charge in [-0.1, -0.05) is 84.9 Å². The Morgan fingerprint density at radius 2 is 0.875 bits per heavy atom. The molecule has 0 saturated heterocycles. The van der Waals surface area contributed by atoms with Crippen LogP contribution in [0.2, 0.25) is 0 Å². The molecule has 4 nitrogen and oxygen atoms in total. The van der Waals surface area contributed by atoms with Gasteiger partial charge in [0.05, 0.1) is 0 Å². The molecule has 0 aliphatic carbocycles. The number of aromatic nitrogens is 4. The first kappa shape index (κ1) is 20.2. The summed E-state index contributed by atoms with van der Waals surface area (Å²) < 4.78 is 0. The Morgan fingerprint density at radius 3 is 1.34 bits per heavy atom. The second-order valence-corrected chi connectivity index (χ2v) is 11.0. The lowest BCUT2D eigenvalue weighted by Gasteiger charge is -2.27. The third-order valence-electron chi connectivity index (χ3n) is 5.65. The largest absolute Gasteiger partial charge is 0.131 e. The minimum absolute atomic E-state index is 0.706. The van der Waals surface area contributed by atoms with E-state index in [9.17, 15) is 0 Å². The van der Waals surface area contributed by atoms with Crippen LogP contribution in [0.4, 0.5) is 0 Å². The van der Waals surface area contributed by atoms with Gasteiger partial charge in [0.25, 0.3) is 0 Å². The zero-order valence-corrected chi connectivity index (χ0v) is 18.4. The van der Waals surface area contributed by atoms with Crippen molar-refractivity contribution in [1.82, 2.24) is 20.6 Å². The van der Waals surface area contributed by atoms with Crippen LogP contribution in [-0.2, 0) is 6.16 Å². The van der Waals surface area contributed by atoms with E-state index in [0.29, 0.717) is 6.16 Å². The predicted molar refractivity (Wildman–Crippen MR) is 132 cm³/mol. The van der Waals surface area contributed by atoms with E-state index in [1.165, 1.54) is 15.9 Å². The maximum Gasteiger partial charge on any atom is 0.131 e. The van der Waals surface area contributed by atoms with Crippen molar-refractivity contribution in [2.75, 3.05) is 0 Å². The van der Waals surface area contributed by atoms with E-state index in [4.69, 9.17) is 0 Å². The molecule has 0 fully saturated rings. The lowest BCUT2D eigenvalue weighted by atomic mass is 10.1. The van der Waals surface area contributed by atoms with Crippen molar-refractivity contribution in [3.8, 4) is 11.3 Å². The molecular weight excluding hydrogens is 411 g/mol. The fraction of sp³-hybridized carbons (Fsp3) is 0.0370. The number of nitrogens with zero attached hydrogens (tertiary/aromatic N) is 4. The van der Waals surface area contributed by atoms with Crippen LogP contribution in [0, 0.1) is 0 Å². The van der Waals surface area contributed by atoms with Crippen LogP contribution < -0.4 is 15.9 Å². The molecule has 154 valence electrons. The summed E-state index contributed by atoms with van der Waals surface area (Å²) >= 11 is 0. The molecule has 0 aliphatic heterocycles. The van der Waals surface area contributed by atoms with E-state index in [0.717, 1.165) is 17.0 Å². The summed E-state index contributed by atoms with van der Waals surface area (Å²) in [5.74, 6) is 0. The van der Waals surface area contributed by atoms with E-state index >= 15 is 0 Å². The molecule has 5 rings (SSSR count).